The maximum Gasteiger partial charge on any atom is 0.236 e. The summed E-state index contributed by atoms with van der Waals surface area (Å²) in [5.74, 6) is 0.00652. The Hall–Kier alpha value is -0.830. The number of hydrogen-bond donors (Lipinski definition) is 2. The average molecular weight is 224 g/mol. The Morgan fingerprint density at radius 1 is 1.62 bits per heavy atom. The van der Waals surface area contributed by atoms with Gasteiger partial charge in [0.15, 0.2) is 0 Å². The minimum Gasteiger partial charge on any atom is -0.354 e. The van der Waals surface area contributed by atoms with Gasteiger partial charge >= 0.3 is 0 Å². The molecule has 92 valence electrons. The van der Waals surface area contributed by atoms with Gasteiger partial charge in [-0.15, -0.1) is 0 Å². The third kappa shape index (κ3) is 4.79. The molecule has 1 aliphatic rings. The van der Waals surface area contributed by atoms with Gasteiger partial charge in [0.1, 0.15) is 0 Å². The van der Waals surface area contributed by atoms with Crippen molar-refractivity contribution in [1.29, 1.82) is 0 Å². The van der Waals surface area contributed by atoms with Crippen LogP contribution in [0.2, 0.25) is 0 Å². The highest BCUT2D eigenvalue weighted by atomic mass is 16.2. The highest BCUT2D eigenvalue weighted by Gasteiger charge is 2.12. The Bertz CT molecular complexity index is 248. The van der Waals surface area contributed by atoms with E-state index >= 15 is 0 Å². The van der Waals surface area contributed by atoms with Crippen LogP contribution in [0.15, 0.2) is 11.6 Å². The molecule has 0 aromatic rings. The van der Waals surface area contributed by atoms with Gasteiger partial charge in [0.05, 0.1) is 6.04 Å². The van der Waals surface area contributed by atoms with Crippen LogP contribution in [-0.4, -0.2) is 18.5 Å². The first-order chi connectivity index (χ1) is 7.74. The van der Waals surface area contributed by atoms with Gasteiger partial charge in [0, 0.05) is 6.54 Å². The molecule has 1 aliphatic carbocycles. The van der Waals surface area contributed by atoms with Gasteiger partial charge in [-0.2, -0.15) is 0 Å². The Labute approximate surface area is 98.5 Å². The highest BCUT2D eigenvalue weighted by molar-refractivity contribution is 5.81. The monoisotopic (exact) mass is 224 g/mol. The molecular formula is C13H24N2O. The largest absolute Gasteiger partial charge is 0.354 e. The predicted molar refractivity (Wildman–Crippen MR) is 67.1 cm³/mol. The molecule has 0 radical (unpaired) electrons. The maximum absolute atomic E-state index is 11.6. The Morgan fingerprint density at radius 3 is 3.06 bits per heavy atom. The number of carbonyl (C=O) groups is 1. The van der Waals surface area contributed by atoms with Crippen molar-refractivity contribution in [1.82, 2.24) is 5.32 Å². The lowest BCUT2D eigenvalue weighted by molar-refractivity contribution is -0.122. The van der Waals surface area contributed by atoms with Gasteiger partial charge in [0.25, 0.3) is 0 Å². The Morgan fingerprint density at radius 2 is 2.44 bits per heavy atom. The molecule has 0 bridgehead atoms. The molecule has 3 N–H and O–H groups in total. The third-order valence-corrected chi connectivity index (χ3v) is 3.09. The van der Waals surface area contributed by atoms with Crippen LogP contribution in [-0.2, 0) is 4.79 Å². The van der Waals surface area contributed by atoms with Crippen LogP contribution in [0.1, 0.15) is 51.9 Å². The van der Waals surface area contributed by atoms with Gasteiger partial charge in [-0.1, -0.05) is 31.4 Å². The van der Waals surface area contributed by atoms with E-state index in [1.165, 1.54) is 24.8 Å². The molecule has 0 aromatic heterocycles. The fraction of sp³-hybridized carbons (Fsp3) is 0.769. The molecule has 3 nitrogen and oxygen atoms in total. The maximum atomic E-state index is 11.6. The van der Waals surface area contributed by atoms with E-state index < -0.39 is 0 Å². The van der Waals surface area contributed by atoms with E-state index in [9.17, 15) is 4.79 Å². The summed E-state index contributed by atoms with van der Waals surface area (Å²) in [7, 11) is 0. The molecular weight excluding hydrogens is 200 g/mol. The quantitative estimate of drug-likeness (QED) is 0.651. The van der Waals surface area contributed by atoms with Crippen LogP contribution in [0.5, 0.6) is 0 Å². The highest BCUT2D eigenvalue weighted by Crippen LogP contribution is 2.19. The zero-order chi connectivity index (χ0) is 11.8. The zero-order valence-electron chi connectivity index (χ0n) is 10.3. The first-order valence-corrected chi connectivity index (χ1v) is 6.45. The third-order valence-electron chi connectivity index (χ3n) is 3.09. The number of allylic oxidation sites excluding steroid dienone is 1. The number of carbonyl (C=O) groups excluding carboxylic acids is 1. The minimum absolute atomic E-state index is 0.00652. The summed E-state index contributed by atoms with van der Waals surface area (Å²) in [5, 5.41) is 2.91. The van der Waals surface area contributed by atoms with E-state index in [1.54, 1.807) is 0 Å². The van der Waals surface area contributed by atoms with E-state index in [1.807, 2.05) is 0 Å². The first kappa shape index (κ1) is 13.2. The predicted octanol–water partition coefficient (Wildman–Crippen LogP) is 2.12. The molecule has 0 fully saturated rings. The number of amides is 1. The molecule has 3 heteroatoms. The summed E-state index contributed by atoms with van der Waals surface area (Å²) < 4.78 is 0. The number of hydrogen-bond acceptors (Lipinski definition) is 2. The van der Waals surface area contributed by atoms with Crippen molar-refractivity contribution in [2.45, 2.75) is 57.9 Å². The zero-order valence-corrected chi connectivity index (χ0v) is 10.3. The fourth-order valence-corrected chi connectivity index (χ4v) is 2.00. The summed E-state index contributed by atoms with van der Waals surface area (Å²) in [6, 6.07) is -0.322. The molecule has 16 heavy (non-hydrogen) atoms. The van der Waals surface area contributed by atoms with Crippen LogP contribution in [0.25, 0.3) is 0 Å². The van der Waals surface area contributed by atoms with E-state index in [2.05, 4.69) is 18.3 Å². The lowest BCUT2D eigenvalue weighted by Crippen LogP contribution is -2.40. The SMILES string of the molecule is CCCCC(N)C(=O)NCCC1=CCCC1. The van der Waals surface area contributed by atoms with Crippen molar-refractivity contribution in [2.75, 3.05) is 6.54 Å². The lowest BCUT2D eigenvalue weighted by Gasteiger charge is -2.11. The van der Waals surface area contributed by atoms with Crippen molar-refractivity contribution in [2.24, 2.45) is 5.73 Å². The fourth-order valence-electron chi connectivity index (χ4n) is 2.00. The summed E-state index contributed by atoms with van der Waals surface area (Å²) in [4.78, 5) is 11.6. The van der Waals surface area contributed by atoms with Crippen LogP contribution in [0.3, 0.4) is 0 Å². The second kappa shape index (κ2) is 7.44. The summed E-state index contributed by atoms with van der Waals surface area (Å²) in [5.41, 5.74) is 7.26. The van der Waals surface area contributed by atoms with Crippen LogP contribution < -0.4 is 11.1 Å². The Balaban J connectivity index is 2.09. The molecule has 0 saturated carbocycles. The molecule has 1 unspecified atom stereocenters. The summed E-state index contributed by atoms with van der Waals surface area (Å²) in [6.07, 6.45) is 9.89. The van der Waals surface area contributed by atoms with E-state index in [0.29, 0.717) is 0 Å². The van der Waals surface area contributed by atoms with E-state index in [0.717, 1.165) is 32.2 Å². The molecule has 0 aliphatic heterocycles. The second-order valence-electron chi connectivity index (χ2n) is 4.54. The topological polar surface area (TPSA) is 55.1 Å². The molecule has 0 spiro atoms. The van der Waals surface area contributed by atoms with Gasteiger partial charge in [-0.05, 0) is 32.1 Å². The van der Waals surface area contributed by atoms with Crippen molar-refractivity contribution in [3.8, 4) is 0 Å². The number of nitrogens with one attached hydrogen (secondary N) is 1. The van der Waals surface area contributed by atoms with Crippen LogP contribution in [0, 0.1) is 0 Å². The minimum atomic E-state index is -0.322. The summed E-state index contributed by atoms with van der Waals surface area (Å²) >= 11 is 0. The van der Waals surface area contributed by atoms with E-state index in [4.69, 9.17) is 5.73 Å². The number of rotatable bonds is 7. The second-order valence-corrected chi connectivity index (χ2v) is 4.54. The van der Waals surface area contributed by atoms with Crippen molar-refractivity contribution in [3.63, 3.8) is 0 Å². The van der Waals surface area contributed by atoms with Crippen LogP contribution >= 0.6 is 0 Å². The standard InChI is InChI=1S/C13H24N2O/c1-2-3-8-12(14)13(16)15-10-9-11-6-4-5-7-11/h6,12H,2-5,7-10,14H2,1H3,(H,15,16). The molecule has 0 saturated heterocycles. The van der Waals surface area contributed by atoms with Gasteiger partial charge in [-0.25, -0.2) is 0 Å². The van der Waals surface area contributed by atoms with Gasteiger partial charge < -0.3 is 11.1 Å². The smallest absolute Gasteiger partial charge is 0.236 e. The molecule has 1 atom stereocenters. The molecule has 1 rings (SSSR count). The first-order valence-electron chi connectivity index (χ1n) is 6.45. The summed E-state index contributed by atoms with van der Waals surface area (Å²) in [6.45, 7) is 2.85. The van der Waals surface area contributed by atoms with Crippen molar-refractivity contribution < 1.29 is 4.79 Å². The Kier molecular flexibility index (Phi) is 6.16. The number of unbranched alkanes of at least 4 members (excludes halogenated alkanes) is 1. The normalized spacial score (nSPS) is 17.0. The number of nitrogens with two attached hydrogens (primary N) is 1. The van der Waals surface area contributed by atoms with Gasteiger partial charge in [-0.3, -0.25) is 4.79 Å². The lowest BCUT2D eigenvalue weighted by atomic mass is 10.1. The molecule has 1 amide bonds. The van der Waals surface area contributed by atoms with E-state index in [-0.39, 0.29) is 11.9 Å². The van der Waals surface area contributed by atoms with Crippen LogP contribution in [0.4, 0.5) is 0 Å². The van der Waals surface area contributed by atoms with Crippen molar-refractivity contribution >= 4 is 5.91 Å². The molecule has 0 heterocycles. The molecule has 0 aromatic carbocycles. The average Bonchev–Trinajstić information content (AvgIpc) is 2.78. The van der Waals surface area contributed by atoms with Crippen molar-refractivity contribution in [3.05, 3.63) is 11.6 Å². The van der Waals surface area contributed by atoms with Gasteiger partial charge in [0.2, 0.25) is 5.91 Å².